The summed E-state index contributed by atoms with van der Waals surface area (Å²) in [5.74, 6) is 0. The number of benzene rings is 2. The maximum Gasteiger partial charge on any atom is 0.416 e. The largest absolute Gasteiger partial charge is 0.416 e. The molecule has 2 aromatic rings. The molecule has 0 aromatic heterocycles. The summed E-state index contributed by atoms with van der Waals surface area (Å²) in [7, 11) is 0. The van der Waals surface area contributed by atoms with Crippen LogP contribution in [0.4, 0.5) is 39.5 Å². The highest BCUT2D eigenvalue weighted by molar-refractivity contribution is 5.38. The topological polar surface area (TPSA) is 0 Å². The minimum atomic E-state index is -4.96. The van der Waals surface area contributed by atoms with Crippen LogP contribution in [-0.2, 0) is 24.9 Å². The van der Waals surface area contributed by atoms with Gasteiger partial charge >= 0.3 is 18.5 Å². The lowest BCUT2D eigenvalue weighted by Crippen LogP contribution is -2.11. The fourth-order valence-corrected chi connectivity index (χ4v) is 2.16. The Kier molecular flexibility index (Phi) is 5.30. The lowest BCUT2D eigenvalue weighted by Gasteiger charge is -2.14. The fourth-order valence-electron chi connectivity index (χ4n) is 2.16. The van der Waals surface area contributed by atoms with Gasteiger partial charge in [-0.15, -0.1) is 0 Å². The summed E-state index contributed by atoms with van der Waals surface area (Å²) in [4.78, 5) is 0. The monoisotopic (exact) mass is 385 g/mol. The van der Waals surface area contributed by atoms with E-state index in [1.54, 1.807) is 0 Å². The summed E-state index contributed by atoms with van der Waals surface area (Å²) in [6.45, 7) is 0. The summed E-state index contributed by atoms with van der Waals surface area (Å²) in [5.41, 5.74) is -3.83. The van der Waals surface area contributed by atoms with Gasteiger partial charge in [0.05, 0.1) is 16.7 Å². The van der Waals surface area contributed by atoms with E-state index in [9.17, 15) is 39.5 Å². The first kappa shape index (κ1) is 20.1. The Morgan fingerprint density at radius 1 is 0.577 bits per heavy atom. The van der Waals surface area contributed by atoms with Gasteiger partial charge in [0, 0.05) is 0 Å². The predicted octanol–water partition coefficient (Wildman–Crippen LogP) is 6.54. The van der Waals surface area contributed by atoms with Crippen molar-refractivity contribution in [2.45, 2.75) is 24.9 Å². The molecule has 0 unspecified atom stereocenters. The molecule has 0 aliphatic carbocycles. The van der Waals surface area contributed by atoms with Gasteiger partial charge in [0.1, 0.15) is 0 Å². The lowest BCUT2D eigenvalue weighted by atomic mass is 9.99. The average Bonchev–Trinajstić information content (AvgIpc) is 2.50. The number of alkyl halides is 9. The molecule has 0 saturated heterocycles. The molecule has 2 aromatic carbocycles. The predicted molar refractivity (Wildman–Crippen MR) is 75.0 cm³/mol. The van der Waals surface area contributed by atoms with E-state index in [0.29, 0.717) is 17.7 Å². The summed E-state index contributed by atoms with van der Waals surface area (Å²) in [5, 5.41) is 0. The van der Waals surface area contributed by atoms with Crippen molar-refractivity contribution >= 4 is 0 Å². The van der Waals surface area contributed by atoms with Crippen LogP contribution in [-0.4, -0.2) is 0 Å². The van der Waals surface area contributed by atoms with E-state index in [2.05, 4.69) is 0 Å². The Morgan fingerprint density at radius 2 is 1.00 bits per heavy atom. The lowest BCUT2D eigenvalue weighted by molar-refractivity contribution is -0.143. The maximum absolute atomic E-state index is 12.8. The van der Waals surface area contributed by atoms with Crippen molar-refractivity contribution in [3.8, 4) is 0 Å². The summed E-state index contributed by atoms with van der Waals surface area (Å²) in [6, 6.07) is 4.91. The Morgan fingerprint density at radius 3 is 1.38 bits per heavy atom. The first-order chi connectivity index (χ1) is 11.8. The smallest absolute Gasteiger partial charge is 0.166 e. The molecule has 0 amide bonds. The second-order valence-corrected chi connectivity index (χ2v) is 5.44. The van der Waals surface area contributed by atoms with E-state index in [0.717, 1.165) is 30.7 Å². The van der Waals surface area contributed by atoms with Gasteiger partial charge in [-0.2, -0.15) is 39.5 Å². The van der Waals surface area contributed by atoms with Crippen LogP contribution in [0.1, 0.15) is 27.8 Å². The third-order valence-electron chi connectivity index (χ3n) is 3.46. The average molecular weight is 385 g/mol. The Labute approximate surface area is 142 Å². The summed E-state index contributed by atoms with van der Waals surface area (Å²) in [6.07, 6.45) is -13.5. The standard InChI is InChI=1S/C17H10F9/c18-15(19,20)12-5-3-10(4-6-12)1-2-11-7-13(16(21,22)23)9-14(8-11)17(24,25)26/h2-9H,1H2. The van der Waals surface area contributed by atoms with Crippen molar-refractivity contribution in [1.82, 2.24) is 0 Å². The van der Waals surface area contributed by atoms with E-state index in [-0.39, 0.29) is 18.1 Å². The van der Waals surface area contributed by atoms with Crippen LogP contribution in [0.5, 0.6) is 0 Å². The molecule has 26 heavy (non-hydrogen) atoms. The zero-order valence-corrected chi connectivity index (χ0v) is 12.7. The Balaban J connectivity index is 2.23. The highest BCUT2D eigenvalue weighted by Gasteiger charge is 2.36. The quantitative estimate of drug-likeness (QED) is 0.527. The van der Waals surface area contributed by atoms with Crippen molar-refractivity contribution in [3.63, 3.8) is 0 Å². The number of halogens is 9. The molecule has 0 fully saturated rings. The van der Waals surface area contributed by atoms with Gasteiger partial charge in [-0.3, -0.25) is 0 Å². The van der Waals surface area contributed by atoms with Crippen LogP contribution in [0.15, 0.2) is 42.5 Å². The van der Waals surface area contributed by atoms with Crippen molar-refractivity contribution in [3.05, 3.63) is 76.7 Å². The zero-order valence-electron chi connectivity index (χ0n) is 12.7. The van der Waals surface area contributed by atoms with Crippen molar-refractivity contribution in [2.24, 2.45) is 0 Å². The van der Waals surface area contributed by atoms with E-state index in [1.165, 1.54) is 0 Å². The molecular weight excluding hydrogens is 375 g/mol. The minimum absolute atomic E-state index is 0.00939. The van der Waals surface area contributed by atoms with Crippen molar-refractivity contribution in [1.29, 1.82) is 0 Å². The van der Waals surface area contributed by atoms with Crippen LogP contribution in [0, 0.1) is 6.42 Å². The molecule has 0 aliphatic heterocycles. The van der Waals surface area contributed by atoms with Gasteiger partial charge in [-0.1, -0.05) is 12.1 Å². The second-order valence-electron chi connectivity index (χ2n) is 5.44. The molecular formula is C17H10F9. The van der Waals surface area contributed by atoms with Crippen LogP contribution in [0.2, 0.25) is 0 Å². The Bertz CT molecular complexity index is 718. The number of hydrogen-bond acceptors (Lipinski definition) is 0. The molecule has 0 heterocycles. The highest BCUT2D eigenvalue weighted by atomic mass is 19.4. The first-order valence-corrected chi connectivity index (χ1v) is 7.05. The SMILES string of the molecule is FC(F)(F)c1ccc(C[CH]c2cc(C(F)(F)F)cc(C(F)(F)F)c2)cc1. The van der Waals surface area contributed by atoms with Crippen LogP contribution >= 0.6 is 0 Å². The van der Waals surface area contributed by atoms with Gasteiger partial charge < -0.3 is 0 Å². The van der Waals surface area contributed by atoms with Gasteiger partial charge in [-0.25, -0.2) is 0 Å². The minimum Gasteiger partial charge on any atom is -0.166 e. The van der Waals surface area contributed by atoms with Crippen LogP contribution in [0.25, 0.3) is 0 Å². The third kappa shape index (κ3) is 5.15. The van der Waals surface area contributed by atoms with Crippen molar-refractivity contribution in [2.75, 3.05) is 0 Å². The second kappa shape index (κ2) is 6.85. The molecule has 0 aliphatic rings. The Hall–Kier alpha value is -2.19. The summed E-state index contributed by atoms with van der Waals surface area (Å²) >= 11 is 0. The van der Waals surface area contributed by atoms with E-state index < -0.39 is 35.2 Å². The molecule has 1 radical (unpaired) electrons. The third-order valence-corrected chi connectivity index (χ3v) is 3.46. The highest BCUT2D eigenvalue weighted by Crippen LogP contribution is 2.37. The summed E-state index contributed by atoms with van der Waals surface area (Å²) < 4.78 is 114. The molecule has 0 saturated carbocycles. The molecule has 0 bridgehead atoms. The maximum atomic E-state index is 12.8. The van der Waals surface area contributed by atoms with Gasteiger partial charge in [0.2, 0.25) is 0 Å². The van der Waals surface area contributed by atoms with E-state index >= 15 is 0 Å². The van der Waals surface area contributed by atoms with E-state index in [1.807, 2.05) is 0 Å². The number of rotatable bonds is 3. The fraction of sp³-hybridized carbons (Fsp3) is 0.235. The van der Waals surface area contributed by atoms with Gasteiger partial charge in [0.15, 0.2) is 0 Å². The molecule has 0 atom stereocenters. The van der Waals surface area contributed by atoms with Gasteiger partial charge in [0.25, 0.3) is 0 Å². The number of hydrogen-bond donors (Lipinski definition) is 0. The molecule has 0 N–H and O–H groups in total. The van der Waals surface area contributed by atoms with Gasteiger partial charge in [-0.05, 0) is 54.3 Å². The molecule has 0 spiro atoms. The van der Waals surface area contributed by atoms with Crippen molar-refractivity contribution < 1.29 is 39.5 Å². The molecule has 141 valence electrons. The normalized spacial score (nSPS) is 13.1. The molecule has 0 nitrogen and oxygen atoms in total. The zero-order chi connectivity index (χ0) is 19.8. The molecule has 2 rings (SSSR count). The molecule has 9 heteroatoms. The first-order valence-electron chi connectivity index (χ1n) is 7.05. The van der Waals surface area contributed by atoms with Crippen LogP contribution < -0.4 is 0 Å². The van der Waals surface area contributed by atoms with Crippen LogP contribution in [0.3, 0.4) is 0 Å². The van der Waals surface area contributed by atoms with E-state index in [4.69, 9.17) is 0 Å².